The van der Waals surface area contributed by atoms with E-state index in [1.54, 1.807) is 18.2 Å². The first-order valence-electron chi connectivity index (χ1n) is 7.28. The van der Waals surface area contributed by atoms with Gasteiger partial charge in [-0.15, -0.1) is 0 Å². The number of hydrogen-bond acceptors (Lipinski definition) is 4. The van der Waals surface area contributed by atoms with Crippen LogP contribution in [0.3, 0.4) is 0 Å². The second kappa shape index (κ2) is 6.68. The van der Waals surface area contributed by atoms with Gasteiger partial charge in [0, 0.05) is 11.8 Å². The van der Waals surface area contributed by atoms with Gasteiger partial charge in [0.1, 0.15) is 11.6 Å². The maximum atomic E-state index is 12.6. The molecule has 130 valence electrons. The molecule has 0 fully saturated rings. The lowest BCUT2D eigenvalue weighted by atomic mass is 10.1. The van der Waals surface area contributed by atoms with Crippen LogP contribution in [0.1, 0.15) is 21.5 Å². The van der Waals surface area contributed by atoms with Crippen molar-refractivity contribution in [1.29, 1.82) is 5.26 Å². The molecule has 0 atom stereocenters. The molecule has 0 aliphatic heterocycles. The summed E-state index contributed by atoms with van der Waals surface area (Å²) >= 11 is 0. The first kappa shape index (κ1) is 17.2. The minimum atomic E-state index is -4.49. The third kappa shape index (κ3) is 3.39. The number of anilines is 1. The van der Waals surface area contributed by atoms with Gasteiger partial charge in [-0.05, 0) is 36.4 Å². The van der Waals surface area contributed by atoms with Crippen molar-refractivity contribution in [3.05, 3.63) is 71.5 Å². The molecule has 0 bridgehead atoms. The first-order valence-corrected chi connectivity index (χ1v) is 7.28. The van der Waals surface area contributed by atoms with Crippen LogP contribution in [0.2, 0.25) is 0 Å². The van der Waals surface area contributed by atoms with Gasteiger partial charge in [-0.1, -0.05) is 6.07 Å². The quantitative estimate of drug-likeness (QED) is 0.779. The smallest absolute Gasteiger partial charge is 0.305 e. The summed E-state index contributed by atoms with van der Waals surface area (Å²) in [7, 11) is 0. The van der Waals surface area contributed by atoms with E-state index in [1.165, 1.54) is 17.1 Å². The van der Waals surface area contributed by atoms with Crippen LogP contribution in [0, 0.1) is 11.3 Å². The molecule has 1 amide bonds. The predicted octanol–water partition coefficient (Wildman–Crippen LogP) is 3.41. The van der Waals surface area contributed by atoms with E-state index in [0.29, 0.717) is 5.82 Å². The summed E-state index contributed by atoms with van der Waals surface area (Å²) in [6, 6.07) is 10.7. The molecule has 0 spiro atoms. The molecule has 0 saturated heterocycles. The first-order chi connectivity index (χ1) is 12.4. The van der Waals surface area contributed by atoms with Crippen LogP contribution in [-0.4, -0.2) is 20.7 Å². The van der Waals surface area contributed by atoms with Crippen molar-refractivity contribution in [2.24, 2.45) is 0 Å². The summed E-state index contributed by atoms with van der Waals surface area (Å²) in [5.74, 6) is -0.222. The number of benzene rings is 1. The van der Waals surface area contributed by atoms with E-state index in [0.717, 1.165) is 24.3 Å². The standard InChI is InChI=1S/C17H10F3N5O/c18-17(19,20)13-6-4-11(5-7-13)16(26)24-15-12(9-21)10-23-25(15)14-3-1-2-8-22-14/h1-8,10H,(H,24,26). The SMILES string of the molecule is N#Cc1cnn(-c2ccccn2)c1NC(=O)c1ccc(C(F)(F)F)cc1. The van der Waals surface area contributed by atoms with E-state index in [-0.39, 0.29) is 16.9 Å². The average Bonchev–Trinajstić information content (AvgIpc) is 3.04. The Morgan fingerprint density at radius 3 is 2.46 bits per heavy atom. The fourth-order valence-corrected chi connectivity index (χ4v) is 2.19. The van der Waals surface area contributed by atoms with Crippen molar-refractivity contribution >= 4 is 11.7 Å². The molecule has 0 unspecified atom stereocenters. The van der Waals surface area contributed by atoms with E-state index in [1.807, 2.05) is 6.07 Å². The largest absolute Gasteiger partial charge is 0.416 e. The normalized spacial score (nSPS) is 11.0. The number of pyridine rings is 1. The van der Waals surface area contributed by atoms with Crippen molar-refractivity contribution in [1.82, 2.24) is 14.8 Å². The highest BCUT2D eigenvalue weighted by Gasteiger charge is 2.30. The Morgan fingerprint density at radius 1 is 1.15 bits per heavy atom. The van der Waals surface area contributed by atoms with Gasteiger partial charge >= 0.3 is 6.18 Å². The van der Waals surface area contributed by atoms with Gasteiger partial charge in [0.25, 0.3) is 5.91 Å². The van der Waals surface area contributed by atoms with Gasteiger partial charge in [-0.3, -0.25) is 4.79 Å². The molecular formula is C17H10F3N5O. The van der Waals surface area contributed by atoms with Crippen LogP contribution in [-0.2, 0) is 6.18 Å². The zero-order chi connectivity index (χ0) is 18.7. The molecule has 0 aliphatic rings. The highest BCUT2D eigenvalue weighted by molar-refractivity contribution is 6.04. The number of nitrogens with one attached hydrogen (secondary N) is 1. The number of nitriles is 1. The van der Waals surface area contributed by atoms with E-state index in [9.17, 15) is 23.2 Å². The van der Waals surface area contributed by atoms with E-state index < -0.39 is 17.6 Å². The van der Waals surface area contributed by atoms with Crippen molar-refractivity contribution in [3.63, 3.8) is 0 Å². The summed E-state index contributed by atoms with van der Waals surface area (Å²) in [6.45, 7) is 0. The Hall–Kier alpha value is -3.67. The van der Waals surface area contributed by atoms with Crippen LogP contribution < -0.4 is 5.32 Å². The van der Waals surface area contributed by atoms with Gasteiger partial charge in [0.05, 0.1) is 11.8 Å². The number of carbonyl (C=O) groups is 1. The molecule has 0 radical (unpaired) electrons. The monoisotopic (exact) mass is 357 g/mol. The number of halogens is 3. The number of amides is 1. The molecule has 2 aromatic heterocycles. The lowest BCUT2D eigenvalue weighted by Gasteiger charge is -2.10. The van der Waals surface area contributed by atoms with Crippen LogP contribution in [0.15, 0.2) is 54.9 Å². The Labute approximate surface area is 145 Å². The topological polar surface area (TPSA) is 83.6 Å². The summed E-state index contributed by atoms with van der Waals surface area (Å²) in [5, 5.41) is 15.7. The molecule has 26 heavy (non-hydrogen) atoms. The molecule has 0 aliphatic carbocycles. The predicted molar refractivity (Wildman–Crippen MR) is 85.5 cm³/mol. The lowest BCUT2D eigenvalue weighted by Crippen LogP contribution is -2.16. The van der Waals surface area contributed by atoms with Gasteiger partial charge in [0.2, 0.25) is 0 Å². The maximum absolute atomic E-state index is 12.6. The number of nitrogens with zero attached hydrogens (tertiary/aromatic N) is 4. The zero-order valence-electron chi connectivity index (χ0n) is 13.0. The van der Waals surface area contributed by atoms with Crippen LogP contribution in [0.5, 0.6) is 0 Å². The van der Waals surface area contributed by atoms with Crippen molar-refractivity contribution in [3.8, 4) is 11.9 Å². The number of alkyl halides is 3. The Morgan fingerprint density at radius 2 is 1.88 bits per heavy atom. The van der Waals surface area contributed by atoms with Crippen LogP contribution >= 0.6 is 0 Å². The molecule has 1 N–H and O–H groups in total. The van der Waals surface area contributed by atoms with Crippen molar-refractivity contribution in [2.45, 2.75) is 6.18 Å². The molecule has 9 heteroatoms. The Kier molecular flexibility index (Phi) is 4.41. The Bertz CT molecular complexity index is 972. The molecule has 1 aromatic carbocycles. The van der Waals surface area contributed by atoms with Gasteiger partial charge < -0.3 is 5.32 Å². The van der Waals surface area contributed by atoms with E-state index in [4.69, 9.17) is 0 Å². The van der Waals surface area contributed by atoms with Crippen LogP contribution in [0.4, 0.5) is 19.0 Å². The lowest BCUT2D eigenvalue weighted by molar-refractivity contribution is -0.137. The molecule has 3 rings (SSSR count). The third-order valence-electron chi connectivity index (χ3n) is 3.46. The molecule has 6 nitrogen and oxygen atoms in total. The number of carbonyl (C=O) groups excluding carboxylic acids is 1. The second-order valence-electron chi connectivity index (χ2n) is 5.15. The second-order valence-corrected chi connectivity index (χ2v) is 5.15. The van der Waals surface area contributed by atoms with Crippen LogP contribution in [0.25, 0.3) is 5.82 Å². The minimum Gasteiger partial charge on any atom is -0.305 e. The molecular weight excluding hydrogens is 347 g/mol. The van der Waals surface area contributed by atoms with E-state index in [2.05, 4.69) is 15.4 Å². The molecule has 3 aromatic rings. The summed E-state index contributed by atoms with van der Waals surface area (Å²) in [5.41, 5.74) is -0.753. The average molecular weight is 357 g/mol. The number of aromatic nitrogens is 3. The zero-order valence-corrected chi connectivity index (χ0v) is 13.0. The highest BCUT2D eigenvalue weighted by Crippen LogP contribution is 2.29. The summed E-state index contributed by atoms with van der Waals surface area (Å²) < 4.78 is 39.1. The number of hydrogen-bond donors (Lipinski definition) is 1. The fourth-order valence-electron chi connectivity index (χ4n) is 2.19. The molecule has 0 saturated carbocycles. The fraction of sp³-hybridized carbons (Fsp3) is 0.0588. The van der Waals surface area contributed by atoms with Gasteiger partial charge in [-0.25, -0.2) is 4.98 Å². The van der Waals surface area contributed by atoms with E-state index >= 15 is 0 Å². The molecule has 2 heterocycles. The minimum absolute atomic E-state index is 0.00987. The summed E-state index contributed by atoms with van der Waals surface area (Å²) in [6.07, 6.45) is -1.71. The van der Waals surface area contributed by atoms with Gasteiger partial charge in [-0.2, -0.15) is 28.2 Å². The van der Waals surface area contributed by atoms with Crippen molar-refractivity contribution in [2.75, 3.05) is 5.32 Å². The highest BCUT2D eigenvalue weighted by atomic mass is 19.4. The van der Waals surface area contributed by atoms with Crippen molar-refractivity contribution < 1.29 is 18.0 Å². The number of rotatable bonds is 3. The van der Waals surface area contributed by atoms with Gasteiger partial charge in [0.15, 0.2) is 11.6 Å². The third-order valence-corrected chi connectivity index (χ3v) is 3.46. The maximum Gasteiger partial charge on any atom is 0.416 e. The summed E-state index contributed by atoms with van der Waals surface area (Å²) in [4.78, 5) is 16.5. The Balaban J connectivity index is 1.90.